The van der Waals surface area contributed by atoms with Crippen LogP contribution in [0.1, 0.15) is 45.7 Å². The third kappa shape index (κ3) is 7.30. The molecule has 0 aromatic heterocycles. The van der Waals surface area contributed by atoms with Crippen molar-refractivity contribution in [2.75, 3.05) is 13.2 Å². The quantitative estimate of drug-likeness (QED) is 0.161. The van der Waals surface area contributed by atoms with Gasteiger partial charge in [-0.05, 0) is 86.0 Å². The molecule has 0 N–H and O–H groups in total. The zero-order valence-electron chi connectivity index (χ0n) is 20.5. The Bertz CT molecular complexity index is 1240. The lowest BCUT2D eigenvalue weighted by Gasteiger charge is -2.11. The van der Waals surface area contributed by atoms with Crippen LogP contribution >= 0.6 is 0 Å². The fourth-order valence-electron chi connectivity index (χ4n) is 3.13. The second-order valence-corrected chi connectivity index (χ2v) is 8.05. The van der Waals surface area contributed by atoms with Crippen LogP contribution in [0.3, 0.4) is 0 Å². The molecule has 0 heterocycles. The molecule has 0 aliphatic carbocycles. The monoisotopic (exact) mass is 488 g/mol. The third-order valence-electron chi connectivity index (χ3n) is 5.18. The summed E-state index contributed by atoms with van der Waals surface area (Å²) in [6, 6.07) is 18.3. The summed E-state index contributed by atoms with van der Waals surface area (Å²) in [6.07, 6.45) is 0.903. The van der Waals surface area contributed by atoms with Crippen LogP contribution < -0.4 is 14.2 Å². The van der Waals surface area contributed by atoms with E-state index in [1.165, 1.54) is 24.3 Å². The molecule has 186 valence electrons. The summed E-state index contributed by atoms with van der Waals surface area (Å²) in [5.41, 5.74) is 2.87. The Morgan fingerprint density at radius 3 is 1.89 bits per heavy atom. The Balaban J connectivity index is 1.53. The Labute approximate surface area is 210 Å². The van der Waals surface area contributed by atoms with Crippen LogP contribution in [0.25, 0.3) is 0 Å². The first kappa shape index (κ1) is 26.2. The number of benzene rings is 3. The zero-order valence-corrected chi connectivity index (χ0v) is 20.5. The van der Waals surface area contributed by atoms with Gasteiger partial charge in [-0.2, -0.15) is 0 Å². The van der Waals surface area contributed by atoms with E-state index in [9.17, 15) is 14.4 Å². The van der Waals surface area contributed by atoms with Crippen molar-refractivity contribution < 1.29 is 33.3 Å². The standard InChI is InChI=1S/C29H28O7/c1-5-21-6-11-24(12-7-21)35-28(31)22-8-13-25(14-9-22)36-29(32)23-10-15-26(20(4)18-23)33-16-17-34-27(30)19(2)3/h6-15,18H,2,5,16-17H2,1,3-4H3. The summed E-state index contributed by atoms with van der Waals surface area (Å²) in [6.45, 7) is 9.19. The topological polar surface area (TPSA) is 88.1 Å². The Kier molecular flexibility index (Phi) is 9.00. The van der Waals surface area contributed by atoms with Gasteiger partial charge >= 0.3 is 17.9 Å². The Morgan fingerprint density at radius 1 is 0.778 bits per heavy atom. The maximum atomic E-state index is 12.6. The van der Waals surface area contributed by atoms with Gasteiger partial charge in [0.25, 0.3) is 0 Å². The highest BCUT2D eigenvalue weighted by Gasteiger charge is 2.13. The zero-order chi connectivity index (χ0) is 26.1. The van der Waals surface area contributed by atoms with Crippen molar-refractivity contribution in [1.82, 2.24) is 0 Å². The summed E-state index contributed by atoms with van der Waals surface area (Å²) < 4.78 is 21.4. The van der Waals surface area contributed by atoms with Gasteiger partial charge in [0.15, 0.2) is 0 Å². The summed E-state index contributed by atoms with van der Waals surface area (Å²) in [7, 11) is 0. The van der Waals surface area contributed by atoms with Gasteiger partial charge in [0.2, 0.25) is 0 Å². The van der Waals surface area contributed by atoms with Crippen LogP contribution in [0.15, 0.2) is 78.9 Å². The van der Waals surface area contributed by atoms with E-state index in [4.69, 9.17) is 18.9 Å². The molecule has 3 aromatic rings. The van der Waals surface area contributed by atoms with Crippen molar-refractivity contribution in [2.45, 2.75) is 27.2 Å². The van der Waals surface area contributed by atoms with Crippen molar-refractivity contribution in [3.8, 4) is 17.2 Å². The molecule has 0 radical (unpaired) electrons. The number of hydrogen-bond acceptors (Lipinski definition) is 7. The molecule has 36 heavy (non-hydrogen) atoms. The smallest absolute Gasteiger partial charge is 0.343 e. The molecular formula is C29H28O7. The minimum absolute atomic E-state index is 0.0869. The van der Waals surface area contributed by atoms with E-state index < -0.39 is 17.9 Å². The predicted molar refractivity (Wildman–Crippen MR) is 135 cm³/mol. The largest absolute Gasteiger partial charge is 0.490 e. The molecule has 3 aromatic carbocycles. The van der Waals surface area contributed by atoms with Gasteiger partial charge in [0, 0.05) is 5.57 Å². The number of aryl methyl sites for hydroxylation is 2. The van der Waals surface area contributed by atoms with E-state index in [-0.39, 0.29) is 13.2 Å². The fraction of sp³-hybridized carbons (Fsp3) is 0.207. The molecular weight excluding hydrogens is 460 g/mol. The van der Waals surface area contributed by atoms with Crippen LogP contribution in [-0.2, 0) is 16.0 Å². The van der Waals surface area contributed by atoms with Gasteiger partial charge in [0.05, 0.1) is 11.1 Å². The van der Waals surface area contributed by atoms with E-state index in [1.54, 1.807) is 44.2 Å². The van der Waals surface area contributed by atoms with Crippen molar-refractivity contribution in [1.29, 1.82) is 0 Å². The summed E-state index contributed by atoms with van der Waals surface area (Å²) in [4.78, 5) is 36.3. The lowest BCUT2D eigenvalue weighted by atomic mass is 10.1. The number of hydrogen-bond donors (Lipinski definition) is 0. The van der Waals surface area contributed by atoms with Crippen LogP contribution in [0, 0.1) is 6.92 Å². The van der Waals surface area contributed by atoms with E-state index in [2.05, 4.69) is 13.5 Å². The molecule has 7 heteroatoms. The second kappa shape index (κ2) is 12.4. The van der Waals surface area contributed by atoms with E-state index in [1.807, 2.05) is 12.1 Å². The molecule has 0 fully saturated rings. The lowest BCUT2D eigenvalue weighted by molar-refractivity contribution is -0.139. The molecule has 3 rings (SSSR count). The predicted octanol–water partition coefficient (Wildman–Crippen LogP) is 5.49. The molecule has 0 aliphatic heterocycles. The first-order valence-corrected chi connectivity index (χ1v) is 11.5. The maximum Gasteiger partial charge on any atom is 0.343 e. The van der Waals surface area contributed by atoms with Crippen LogP contribution in [0.5, 0.6) is 17.2 Å². The van der Waals surface area contributed by atoms with Gasteiger partial charge in [-0.15, -0.1) is 0 Å². The third-order valence-corrected chi connectivity index (χ3v) is 5.18. The van der Waals surface area contributed by atoms with E-state index >= 15 is 0 Å². The Morgan fingerprint density at radius 2 is 1.33 bits per heavy atom. The molecule has 0 saturated heterocycles. The van der Waals surface area contributed by atoms with Gasteiger partial charge in [-0.25, -0.2) is 14.4 Å². The number of esters is 3. The average Bonchev–Trinajstić information content (AvgIpc) is 2.87. The number of carbonyl (C=O) groups is 3. The summed E-state index contributed by atoms with van der Waals surface area (Å²) >= 11 is 0. The van der Waals surface area contributed by atoms with Gasteiger partial charge in [-0.1, -0.05) is 25.6 Å². The molecule has 0 spiro atoms. The maximum absolute atomic E-state index is 12.6. The number of carbonyl (C=O) groups excluding carboxylic acids is 3. The summed E-state index contributed by atoms with van der Waals surface area (Å²) in [5.74, 6) is -0.209. The van der Waals surface area contributed by atoms with E-state index in [0.717, 1.165) is 17.5 Å². The molecule has 0 bridgehead atoms. The highest BCUT2D eigenvalue weighted by Crippen LogP contribution is 2.22. The average molecular weight is 489 g/mol. The van der Waals surface area contributed by atoms with Gasteiger partial charge in [-0.3, -0.25) is 0 Å². The Hall–Kier alpha value is -4.39. The molecule has 0 atom stereocenters. The molecule has 7 nitrogen and oxygen atoms in total. The minimum atomic E-state index is -0.550. The number of ether oxygens (including phenoxy) is 4. The minimum Gasteiger partial charge on any atom is -0.490 e. The molecule has 0 saturated carbocycles. The van der Waals surface area contributed by atoms with Crippen molar-refractivity contribution >= 4 is 17.9 Å². The van der Waals surface area contributed by atoms with Crippen molar-refractivity contribution in [3.63, 3.8) is 0 Å². The highest BCUT2D eigenvalue weighted by molar-refractivity contribution is 5.93. The van der Waals surface area contributed by atoms with Crippen molar-refractivity contribution in [3.05, 3.63) is 101 Å². The normalized spacial score (nSPS) is 10.3. The molecule has 0 aliphatic rings. The number of rotatable bonds is 10. The second-order valence-electron chi connectivity index (χ2n) is 8.05. The lowest BCUT2D eigenvalue weighted by Crippen LogP contribution is -2.13. The SMILES string of the molecule is C=C(C)C(=O)OCCOc1ccc(C(=O)Oc2ccc(C(=O)Oc3ccc(CC)cc3)cc2)cc1C. The van der Waals surface area contributed by atoms with E-state index in [0.29, 0.717) is 33.9 Å². The van der Waals surface area contributed by atoms with Crippen LogP contribution in [-0.4, -0.2) is 31.1 Å². The first-order chi connectivity index (χ1) is 17.3. The molecule has 0 amide bonds. The van der Waals surface area contributed by atoms with Crippen LogP contribution in [0.4, 0.5) is 0 Å². The summed E-state index contributed by atoms with van der Waals surface area (Å²) in [5, 5.41) is 0. The molecule has 0 unspecified atom stereocenters. The van der Waals surface area contributed by atoms with Gasteiger partial charge in [0.1, 0.15) is 30.5 Å². The highest BCUT2D eigenvalue weighted by atomic mass is 16.6. The first-order valence-electron chi connectivity index (χ1n) is 11.5. The van der Waals surface area contributed by atoms with Gasteiger partial charge < -0.3 is 18.9 Å². The van der Waals surface area contributed by atoms with Crippen LogP contribution in [0.2, 0.25) is 0 Å². The van der Waals surface area contributed by atoms with Crippen molar-refractivity contribution in [2.24, 2.45) is 0 Å². The fourth-order valence-corrected chi connectivity index (χ4v) is 3.13.